The minimum absolute atomic E-state index is 0.000306. The van der Waals surface area contributed by atoms with Crippen LogP contribution >= 0.6 is 11.8 Å². The molecule has 0 radical (unpaired) electrons. The molecule has 3 rings (SSSR count). The number of aromatic amines is 1. The maximum Gasteiger partial charge on any atom is 0.328 e. The maximum absolute atomic E-state index is 13.1. The summed E-state index contributed by atoms with van der Waals surface area (Å²) in [6, 6.07) is 7.02. The van der Waals surface area contributed by atoms with Crippen molar-refractivity contribution in [3.8, 4) is 5.75 Å². The van der Waals surface area contributed by atoms with Crippen molar-refractivity contribution in [2.75, 3.05) is 45.9 Å². The Morgan fingerprint density at radius 2 is 2.11 bits per heavy atom. The second-order valence-corrected chi connectivity index (χ2v) is 10.4. The molecular weight excluding hydrogens is 506 g/mol. The van der Waals surface area contributed by atoms with E-state index >= 15 is 0 Å². The number of hydrogen-bond acceptors (Lipinski definition) is 8. The lowest BCUT2D eigenvalue weighted by Gasteiger charge is -2.31. The molecule has 0 spiro atoms. The molecule has 0 saturated carbocycles. The number of carbonyl (C=O) groups excluding carboxylic acids is 3. The van der Waals surface area contributed by atoms with Gasteiger partial charge in [-0.25, -0.2) is 9.78 Å². The normalized spacial score (nSPS) is 15.9. The summed E-state index contributed by atoms with van der Waals surface area (Å²) in [6.07, 6.45) is 8.62. The number of rotatable bonds is 15. The number of esters is 1. The van der Waals surface area contributed by atoms with Crippen molar-refractivity contribution in [1.29, 1.82) is 0 Å². The second-order valence-electron chi connectivity index (χ2n) is 9.37. The quantitative estimate of drug-likeness (QED) is 0.328. The number of ether oxygens (including phenoxy) is 2. The Labute approximate surface area is 228 Å². The third kappa shape index (κ3) is 8.76. The average molecular weight is 546 g/mol. The lowest BCUT2D eigenvalue weighted by molar-refractivity contribution is -0.145. The van der Waals surface area contributed by atoms with Crippen molar-refractivity contribution in [2.45, 2.75) is 50.7 Å². The molecular formula is C27H39N5O5S. The SMILES string of the molecule is COC(=O)C(CCSC)NC(=O)CN(Cc1ccccc1OC)CC1CCCN1C(=O)CCc1cnc[nH]1. The van der Waals surface area contributed by atoms with Gasteiger partial charge in [0.15, 0.2) is 0 Å². The highest BCUT2D eigenvalue weighted by atomic mass is 32.2. The highest BCUT2D eigenvalue weighted by Crippen LogP contribution is 2.23. The first-order chi connectivity index (χ1) is 18.4. The van der Waals surface area contributed by atoms with E-state index in [4.69, 9.17) is 9.47 Å². The van der Waals surface area contributed by atoms with Crippen molar-refractivity contribution >= 4 is 29.5 Å². The molecule has 2 atom stereocenters. The minimum Gasteiger partial charge on any atom is -0.496 e. The molecule has 208 valence electrons. The van der Waals surface area contributed by atoms with E-state index in [9.17, 15) is 14.4 Å². The van der Waals surface area contributed by atoms with Gasteiger partial charge >= 0.3 is 5.97 Å². The zero-order valence-corrected chi connectivity index (χ0v) is 23.3. The van der Waals surface area contributed by atoms with Crippen LogP contribution in [-0.2, 0) is 32.1 Å². The van der Waals surface area contributed by atoms with Crippen LogP contribution in [0.3, 0.4) is 0 Å². The van der Waals surface area contributed by atoms with Crippen LogP contribution in [0.2, 0.25) is 0 Å². The number of aryl methyl sites for hydroxylation is 1. The zero-order chi connectivity index (χ0) is 27.3. The van der Waals surface area contributed by atoms with Gasteiger partial charge in [0.25, 0.3) is 0 Å². The number of nitrogens with zero attached hydrogens (tertiary/aromatic N) is 3. The maximum atomic E-state index is 13.1. The summed E-state index contributed by atoms with van der Waals surface area (Å²) in [5, 5.41) is 2.85. The standard InChI is InChI=1S/C27H39N5O5S/c1-36-24-9-5-4-7-20(24)16-31(18-25(33)30-23(12-14-38-3)27(35)37-2)17-22-8-6-13-32(22)26(34)11-10-21-15-28-19-29-21/h4-5,7,9,15,19,22-23H,6,8,10-14,16-18H2,1-3H3,(H,28,29)(H,30,33). The van der Waals surface area contributed by atoms with E-state index in [2.05, 4.69) is 15.3 Å². The smallest absolute Gasteiger partial charge is 0.328 e. The van der Waals surface area contributed by atoms with E-state index in [0.717, 1.165) is 35.6 Å². The number of nitrogens with one attached hydrogen (secondary N) is 2. The Balaban J connectivity index is 1.70. The Morgan fingerprint density at radius 3 is 2.82 bits per heavy atom. The van der Waals surface area contributed by atoms with Crippen LogP contribution in [0.15, 0.2) is 36.8 Å². The third-order valence-corrected chi connectivity index (χ3v) is 7.36. The van der Waals surface area contributed by atoms with Crippen LogP contribution < -0.4 is 10.1 Å². The van der Waals surface area contributed by atoms with E-state index < -0.39 is 12.0 Å². The molecule has 11 heteroatoms. The fraction of sp³-hybridized carbons (Fsp3) is 0.556. The number of para-hydroxylation sites is 1. The van der Waals surface area contributed by atoms with Crippen molar-refractivity contribution in [3.05, 3.63) is 48.0 Å². The highest BCUT2D eigenvalue weighted by molar-refractivity contribution is 7.98. The molecule has 2 amide bonds. The Kier molecular flexibility index (Phi) is 11.9. The molecule has 0 bridgehead atoms. The molecule has 38 heavy (non-hydrogen) atoms. The first-order valence-electron chi connectivity index (χ1n) is 12.9. The van der Waals surface area contributed by atoms with Crippen molar-refractivity contribution in [2.24, 2.45) is 0 Å². The lowest BCUT2D eigenvalue weighted by atomic mass is 10.1. The molecule has 0 aliphatic carbocycles. The van der Waals surface area contributed by atoms with Gasteiger partial charge in [0.05, 0.1) is 27.1 Å². The van der Waals surface area contributed by atoms with Crippen molar-refractivity contribution in [1.82, 2.24) is 25.1 Å². The summed E-state index contributed by atoms with van der Waals surface area (Å²) in [5.74, 6) is 0.860. The van der Waals surface area contributed by atoms with Gasteiger partial charge in [-0.3, -0.25) is 14.5 Å². The van der Waals surface area contributed by atoms with E-state index in [1.807, 2.05) is 40.3 Å². The number of H-pyrrole nitrogens is 1. The van der Waals surface area contributed by atoms with Crippen molar-refractivity contribution in [3.63, 3.8) is 0 Å². The van der Waals surface area contributed by atoms with Crippen LogP contribution in [0.4, 0.5) is 0 Å². The number of methoxy groups -OCH3 is 2. The number of aromatic nitrogens is 2. The van der Waals surface area contributed by atoms with Crippen LogP contribution in [0, 0.1) is 0 Å². The first-order valence-corrected chi connectivity index (χ1v) is 14.3. The molecule has 1 aliphatic rings. The van der Waals surface area contributed by atoms with Gasteiger partial charge in [0.1, 0.15) is 11.8 Å². The predicted octanol–water partition coefficient (Wildman–Crippen LogP) is 2.26. The molecule has 1 fully saturated rings. The highest BCUT2D eigenvalue weighted by Gasteiger charge is 2.31. The topological polar surface area (TPSA) is 117 Å². The first kappa shape index (κ1) is 29.5. The van der Waals surface area contributed by atoms with Crippen molar-refractivity contribution < 1.29 is 23.9 Å². The van der Waals surface area contributed by atoms with E-state index in [0.29, 0.717) is 38.9 Å². The van der Waals surface area contributed by atoms with Crippen LogP contribution in [0.5, 0.6) is 5.75 Å². The molecule has 1 aromatic carbocycles. The largest absolute Gasteiger partial charge is 0.496 e. The van der Waals surface area contributed by atoms with E-state index in [1.54, 1.807) is 31.4 Å². The molecule has 1 saturated heterocycles. The number of thioether (sulfide) groups is 1. The molecule has 2 heterocycles. The molecule has 10 nitrogen and oxygen atoms in total. The number of hydrogen-bond donors (Lipinski definition) is 2. The number of likely N-dealkylation sites (tertiary alicyclic amines) is 1. The van der Waals surface area contributed by atoms with Crippen LogP contribution in [-0.4, -0.2) is 95.5 Å². The average Bonchev–Trinajstić information content (AvgIpc) is 3.62. The summed E-state index contributed by atoms with van der Waals surface area (Å²) in [6.45, 7) is 1.80. The van der Waals surface area contributed by atoms with Crippen LogP contribution in [0.25, 0.3) is 0 Å². The van der Waals surface area contributed by atoms with Gasteiger partial charge < -0.3 is 24.7 Å². The van der Waals surface area contributed by atoms with E-state index in [-0.39, 0.29) is 24.4 Å². The molecule has 2 N–H and O–H groups in total. The summed E-state index contributed by atoms with van der Waals surface area (Å²) in [4.78, 5) is 49.5. The van der Waals surface area contributed by atoms with Gasteiger partial charge in [0, 0.05) is 49.6 Å². The fourth-order valence-corrected chi connectivity index (χ4v) is 5.26. The Hall–Kier alpha value is -3.05. The summed E-state index contributed by atoms with van der Waals surface area (Å²) in [5.41, 5.74) is 1.88. The number of benzene rings is 1. The monoisotopic (exact) mass is 545 g/mol. The number of imidazole rings is 1. The van der Waals surface area contributed by atoms with Crippen LogP contribution in [0.1, 0.15) is 36.9 Å². The van der Waals surface area contributed by atoms with Gasteiger partial charge in [-0.15, -0.1) is 0 Å². The Bertz CT molecular complexity index is 1030. The third-order valence-electron chi connectivity index (χ3n) is 6.71. The summed E-state index contributed by atoms with van der Waals surface area (Å²) in [7, 11) is 2.95. The second kappa shape index (κ2) is 15.4. The summed E-state index contributed by atoms with van der Waals surface area (Å²) < 4.78 is 10.4. The van der Waals surface area contributed by atoms with Gasteiger partial charge in [-0.05, 0) is 43.8 Å². The lowest BCUT2D eigenvalue weighted by Crippen LogP contribution is -2.49. The molecule has 2 unspecified atom stereocenters. The number of carbonyl (C=O) groups is 3. The fourth-order valence-electron chi connectivity index (χ4n) is 4.79. The van der Waals surface area contributed by atoms with Gasteiger partial charge in [-0.1, -0.05) is 18.2 Å². The van der Waals surface area contributed by atoms with Gasteiger partial charge in [0.2, 0.25) is 11.8 Å². The predicted molar refractivity (Wildman–Crippen MR) is 147 cm³/mol. The molecule has 1 aromatic heterocycles. The summed E-state index contributed by atoms with van der Waals surface area (Å²) >= 11 is 1.61. The van der Waals surface area contributed by atoms with E-state index in [1.165, 1.54) is 7.11 Å². The Morgan fingerprint density at radius 1 is 1.29 bits per heavy atom. The van der Waals surface area contributed by atoms with Gasteiger partial charge in [-0.2, -0.15) is 11.8 Å². The molecule has 2 aromatic rings. The number of amides is 2. The minimum atomic E-state index is -0.694. The zero-order valence-electron chi connectivity index (χ0n) is 22.5. The molecule has 1 aliphatic heterocycles.